The number of aromatic nitrogens is 1. The average molecular weight is 197 g/mol. The summed E-state index contributed by atoms with van der Waals surface area (Å²) in [5.41, 5.74) is 0.100. The van der Waals surface area contributed by atoms with E-state index in [9.17, 15) is 9.59 Å². The molecule has 0 saturated heterocycles. The maximum atomic E-state index is 11.1. The maximum Gasteiger partial charge on any atom is 0.360 e. The Kier molecular flexibility index (Phi) is 3.39. The van der Waals surface area contributed by atoms with Crippen LogP contribution >= 0.6 is 0 Å². The first-order valence-corrected chi connectivity index (χ1v) is 4.24. The second-order valence-corrected chi connectivity index (χ2v) is 2.73. The summed E-state index contributed by atoms with van der Waals surface area (Å²) in [5, 5.41) is 0. The molecule has 76 valence electrons. The molecule has 0 fully saturated rings. The Morgan fingerprint density at radius 2 is 2.29 bits per heavy atom. The Balaban J connectivity index is 2.67. The third-order valence-electron chi connectivity index (χ3n) is 1.44. The molecule has 0 aliphatic rings. The van der Waals surface area contributed by atoms with Crippen LogP contribution in [0.4, 0.5) is 0 Å². The van der Waals surface area contributed by atoms with Gasteiger partial charge in [0.2, 0.25) is 5.89 Å². The first kappa shape index (κ1) is 10.4. The van der Waals surface area contributed by atoms with Crippen molar-refractivity contribution in [2.45, 2.75) is 20.3 Å². The smallest absolute Gasteiger partial charge is 0.360 e. The molecule has 5 nitrogen and oxygen atoms in total. The van der Waals surface area contributed by atoms with Crippen molar-refractivity contribution in [3.8, 4) is 0 Å². The number of hydrogen-bond acceptors (Lipinski definition) is 5. The molecule has 0 radical (unpaired) electrons. The Morgan fingerprint density at radius 3 is 2.86 bits per heavy atom. The Hall–Kier alpha value is -1.65. The lowest BCUT2D eigenvalue weighted by molar-refractivity contribution is -0.116. The summed E-state index contributed by atoms with van der Waals surface area (Å²) in [5.74, 6) is -0.367. The third kappa shape index (κ3) is 2.69. The molecular weight excluding hydrogens is 186 g/mol. The van der Waals surface area contributed by atoms with Crippen molar-refractivity contribution in [2.75, 3.05) is 6.61 Å². The van der Waals surface area contributed by atoms with E-state index < -0.39 is 5.97 Å². The van der Waals surface area contributed by atoms with E-state index in [1.54, 1.807) is 6.92 Å². The fourth-order valence-corrected chi connectivity index (χ4v) is 0.904. The van der Waals surface area contributed by atoms with E-state index in [-0.39, 0.29) is 30.4 Å². The number of nitrogens with zero attached hydrogens (tertiary/aromatic N) is 1. The van der Waals surface area contributed by atoms with Gasteiger partial charge in [0.15, 0.2) is 5.69 Å². The summed E-state index contributed by atoms with van der Waals surface area (Å²) in [4.78, 5) is 25.6. The van der Waals surface area contributed by atoms with E-state index in [4.69, 9.17) is 9.15 Å². The normalized spacial score (nSPS) is 9.86. The van der Waals surface area contributed by atoms with Crippen LogP contribution in [0.2, 0.25) is 0 Å². The van der Waals surface area contributed by atoms with E-state index in [0.717, 1.165) is 0 Å². The van der Waals surface area contributed by atoms with Gasteiger partial charge in [-0.2, -0.15) is 0 Å². The number of esters is 1. The molecule has 5 heteroatoms. The lowest BCUT2D eigenvalue weighted by atomic mass is 10.3. The molecule has 0 unspecified atom stereocenters. The molecule has 0 saturated carbocycles. The number of hydrogen-bond donors (Lipinski definition) is 0. The van der Waals surface area contributed by atoms with Gasteiger partial charge in [-0.15, -0.1) is 0 Å². The fourth-order valence-electron chi connectivity index (χ4n) is 0.904. The predicted octanol–water partition coefficient (Wildman–Crippen LogP) is 0.983. The van der Waals surface area contributed by atoms with Crippen LogP contribution in [0, 0.1) is 0 Å². The fraction of sp³-hybridized carbons (Fsp3) is 0.444. The van der Waals surface area contributed by atoms with Gasteiger partial charge < -0.3 is 9.15 Å². The quantitative estimate of drug-likeness (QED) is 0.673. The van der Waals surface area contributed by atoms with E-state index in [0.29, 0.717) is 0 Å². The Morgan fingerprint density at radius 1 is 1.57 bits per heavy atom. The van der Waals surface area contributed by atoms with Crippen molar-refractivity contribution in [1.82, 2.24) is 4.98 Å². The highest BCUT2D eigenvalue weighted by atomic mass is 16.5. The van der Waals surface area contributed by atoms with Gasteiger partial charge in [0.25, 0.3) is 0 Å². The van der Waals surface area contributed by atoms with Gasteiger partial charge in [-0.25, -0.2) is 9.78 Å². The highest BCUT2D eigenvalue weighted by molar-refractivity contribution is 5.87. The van der Waals surface area contributed by atoms with Crippen LogP contribution in [0.25, 0.3) is 0 Å². The first-order valence-electron chi connectivity index (χ1n) is 4.24. The van der Waals surface area contributed by atoms with E-state index in [1.165, 1.54) is 13.2 Å². The zero-order valence-electron chi connectivity index (χ0n) is 8.07. The highest BCUT2D eigenvalue weighted by Gasteiger charge is 2.13. The number of carbonyl (C=O) groups is 2. The van der Waals surface area contributed by atoms with Crippen LogP contribution in [0.15, 0.2) is 10.7 Å². The van der Waals surface area contributed by atoms with Crippen LogP contribution in [-0.4, -0.2) is 23.3 Å². The van der Waals surface area contributed by atoms with Crippen molar-refractivity contribution in [3.63, 3.8) is 0 Å². The standard InChI is InChI=1S/C9H11NO4/c1-3-13-9(12)7-5-14-8(10-7)4-6(2)11/h5H,3-4H2,1-2H3. The third-order valence-corrected chi connectivity index (χ3v) is 1.44. The molecular formula is C9H11NO4. The molecule has 0 aliphatic heterocycles. The maximum absolute atomic E-state index is 11.1. The van der Waals surface area contributed by atoms with Crippen LogP contribution < -0.4 is 0 Å². The molecule has 1 rings (SSSR count). The van der Waals surface area contributed by atoms with Gasteiger partial charge >= 0.3 is 5.97 Å². The largest absolute Gasteiger partial charge is 0.461 e. The summed E-state index contributed by atoms with van der Waals surface area (Å²) < 4.78 is 9.61. The van der Waals surface area contributed by atoms with Crippen molar-refractivity contribution < 1.29 is 18.7 Å². The summed E-state index contributed by atoms with van der Waals surface area (Å²) in [6.45, 7) is 3.41. The number of oxazole rings is 1. The van der Waals surface area contributed by atoms with Crippen molar-refractivity contribution in [3.05, 3.63) is 17.8 Å². The molecule has 1 aromatic heterocycles. The van der Waals surface area contributed by atoms with Crippen molar-refractivity contribution in [1.29, 1.82) is 0 Å². The minimum atomic E-state index is -0.536. The topological polar surface area (TPSA) is 69.4 Å². The number of ether oxygens (including phenoxy) is 1. The van der Waals surface area contributed by atoms with Crippen LogP contribution in [-0.2, 0) is 16.0 Å². The Bertz CT molecular complexity index is 342. The summed E-state index contributed by atoms with van der Waals surface area (Å²) >= 11 is 0. The molecule has 1 heterocycles. The van der Waals surface area contributed by atoms with E-state index >= 15 is 0 Å². The Labute approximate surface area is 81.1 Å². The molecule has 0 aliphatic carbocycles. The van der Waals surface area contributed by atoms with Crippen LogP contribution in [0.1, 0.15) is 30.2 Å². The molecule has 0 atom stereocenters. The van der Waals surface area contributed by atoms with Gasteiger partial charge in [0, 0.05) is 0 Å². The summed E-state index contributed by atoms with van der Waals surface area (Å²) in [6, 6.07) is 0. The molecule has 14 heavy (non-hydrogen) atoms. The van der Waals surface area contributed by atoms with E-state index in [2.05, 4.69) is 4.98 Å². The zero-order chi connectivity index (χ0) is 10.6. The van der Waals surface area contributed by atoms with Gasteiger partial charge in [-0.05, 0) is 13.8 Å². The lowest BCUT2D eigenvalue weighted by Gasteiger charge is -1.94. The van der Waals surface area contributed by atoms with Crippen molar-refractivity contribution in [2.24, 2.45) is 0 Å². The van der Waals surface area contributed by atoms with Gasteiger partial charge in [0.05, 0.1) is 13.0 Å². The first-order chi connectivity index (χ1) is 6.63. The minimum absolute atomic E-state index is 0.0674. The van der Waals surface area contributed by atoms with Crippen LogP contribution in [0.3, 0.4) is 0 Å². The van der Waals surface area contributed by atoms with Crippen molar-refractivity contribution >= 4 is 11.8 Å². The second kappa shape index (κ2) is 4.55. The molecule has 0 N–H and O–H groups in total. The molecule has 0 aromatic carbocycles. The SMILES string of the molecule is CCOC(=O)c1coc(CC(C)=O)n1. The minimum Gasteiger partial charge on any atom is -0.461 e. The second-order valence-electron chi connectivity index (χ2n) is 2.73. The highest BCUT2D eigenvalue weighted by Crippen LogP contribution is 2.04. The number of Topliss-reactive ketones (excluding diaryl/α,β-unsaturated/α-hetero) is 1. The van der Waals surface area contributed by atoms with Gasteiger partial charge in [0.1, 0.15) is 12.0 Å². The zero-order valence-corrected chi connectivity index (χ0v) is 8.07. The summed E-state index contributed by atoms with van der Waals surface area (Å²) in [6.07, 6.45) is 1.29. The molecule has 1 aromatic rings. The van der Waals surface area contributed by atoms with Gasteiger partial charge in [-0.3, -0.25) is 4.79 Å². The predicted molar refractivity (Wildman–Crippen MR) is 46.8 cm³/mol. The molecule has 0 spiro atoms. The monoisotopic (exact) mass is 197 g/mol. The average Bonchev–Trinajstić information content (AvgIpc) is 2.52. The van der Waals surface area contributed by atoms with Crippen LogP contribution in [0.5, 0.6) is 0 Å². The molecule has 0 amide bonds. The van der Waals surface area contributed by atoms with E-state index in [1.807, 2.05) is 0 Å². The number of ketones is 1. The lowest BCUT2D eigenvalue weighted by Crippen LogP contribution is -2.05. The molecule has 0 bridgehead atoms. The van der Waals surface area contributed by atoms with Gasteiger partial charge in [-0.1, -0.05) is 0 Å². The number of carbonyl (C=O) groups excluding carboxylic acids is 2. The number of rotatable bonds is 4. The summed E-state index contributed by atoms with van der Waals surface area (Å²) in [7, 11) is 0.